The Labute approximate surface area is 195 Å². The molecule has 2 amide bonds. The van der Waals surface area contributed by atoms with Crippen molar-refractivity contribution in [2.45, 2.75) is 31.6 Å². The van der Waals surface area contributed by atoms with Gasteiger partial charge in [0.25, 0.3) is 10.0 Å². The molecule has 1 fully saturated rings. The molecule has 3 rings (SSSR count). The summed E-state index contributed by atoms with van der Waals surface area (Å²) in [7, 11) is -3.95. The van der Waals surface area contributed by atoms with Crippen LogP contribution in [0, 0.1) is 0 Å². The van der Waals surface area contributed by atoms with Crippen LogP contribution >= 0.6 is 0 Å². The van der Waals surface area contributed by atoms with Crippen LogP contribution in [0.1, 0.15) is 32.3 Å². The van der Waals surface area contributed by atoms with Crippen molar-refractivity contribution in [3.63, 3.8) is 0 Å². The van der Waals surface area contributed by atoms with Crippen molar-refractivity contribution in [1.29, 1.82) is 0 Å². The van der Waals surface area contributed by atoms with Gasteiger partial charge in [-0.15, -0.1) is 0 Å². The van der Waals surface area contributed by atoms with Crippen LogP contribution in [0.2, 0.25) is 0 Å². The smallest absolute Gasteiger partial charge is 0.409 e. The first-order valence-corrected chi connectivity index (χ1v) is 12.5. The van der Waals surface area contributed by atoms with E-state index in [0.29, 0.717) is 44.4 Å². The summed E-state index contributed by atoms with van der Waals surface area (Å²) < 4.78 is 33.1. The lowest BCUT2D eigenvalue weighted by Gasteiger charge is -2.35. The molecule has 178 valence electrons. The number of sulfonamides is 1. The molecule has 2 aromatic carbocycles. The molecule has 8 nitrogen and oxygen atoms in total. The molecule has 0 atom stereocenters. The highest BCUT2D eigenvalue weighted by Crippen LogP contribution is 2.26. The number of ether oxygens (including phenoxy) is 1. The maximum atomic E-state index is 13.5. The molecule has 0 spiro atoms. The van der Waals surface area contributed by atoms with E-state index >= 15 is 0 Å². The monoisotopic (exact) mass is 473 g/mol. The zero-order valence-corrected chi connectivity index (χ0v) is 20.1. The summed E-state index contributed by atoms with van der Waals surface area (Å²) in [4.78, 5) is 28.3. The topological polar surface area (TPSA) is 87.2 Å². The maximum absolute atomic E-state index is 13.5. The molecule has 0 aliphatic carbocycles. The molecule has 2 aromatic rings. The van der Waals surface area contributed by atoms with E-state index < -0.39 is 16.1 Å². The van der Waals surface area contributed by atoms with Crippen molar-refractivity contribution < 1.29 is 22.7 Å². The Balaban J connectivity index is 1.82. The zero-order chi connectivity index (χ0) is 24.0. The van der Waals surface area contributed by atoms with E-state index in [4.69, 9.17) is 4.74 Å². The summed E-state index contributed by atoms with van der Waals surface area (Å²) in [5, 5.41) is 0. The first-order chi connectivity index (χ1) is 15.7. The van der Waals surface area contributed by atoms with Gasteiger partial charge in [0.15, 0.2) is 0 Å². The van der Waals surface area contributed by atoms with E-state index in [0.717, 1.165) is 9.87 Å². The standard InChI is InChI=1S/C24H31N3O5S/c1-4-32-24(29)26-16-14-25(15-17-26)23(28)18-27(21-12-10-20(11-13-21)19(2)3)33(30,31)22-8-6-5-7-9-22/h5-13,19H,4,14-18H2,1-3H3. The van der Waals surface area contributed by atoms with Crippen molar-refractivity contribution in [2.24, 2.45) is 0 Å². The van der Waals surface area contributed by atoms with E-state index in [9.17, 15) is 18.0 Å². The number of hydrogen-bond acceptors (Lipinski definition) is 5. The third-order valence-corrected chi connectivity index (χ3v) is 7.40. The normalized spacial score (nSPS) is 14.3. The predicted octanol–water partition coefficient (Wildman–Crippen LogP) is 3.31. The Hall–Kier alpha value is -3.07. The zero-order valence-electron chi connectivity index (χ0n) is 19.3. The van der Waals surface area contributed by atoms with Crippen LogP contribution in [0.15, 0.2) is 59.5 Å². The van der Waals surface area contributed by atoms with Crippen LogP contribution in [-0.4, -0.2) is 69.5 Å². The molecule has 9 heteroatoms. The molecule has 0 saturated carbocycles. The van der Waals surface area contributed by atoms with Gasteiger partial charge in [-0.1, -0.05) is 44.2 Å². The molecule has 1 aliphatic rings. The van der Waals surface area contributed by atoms with Gasteiger partial charge >= 0.3 is 6.09 Å². The van der Waals surface area contributed by atoms with Gasteiger partial charge in [0, 0.05) is 26.2 Å². The Morgan fingerprint density at radius 2 is 1.52 bits per heavy atom. The summed E-state index contributed by atoms with van der Waals surface area (Å²) in [6.07, 6.45) is -0.400. The summed E-state index contributed by atoms with van der Waals surface area (Å²) in [5.41, 5.74) is 1.51. The fraction of sp³-hybridized carbons (Fsp3) is 0.417. The second-order valence-electron chi connectivity index (χ2n) is 8.14. The van der Waals surface area contributed by atoms with Crippen LogP contribution in [0.5, 0.6) is 0 Å². The predicted molar refractivity (Wildman–Crippen MR) is 127 cm³/mol. The number of piperazine rings is 1. The van der Waals surface area contributed by atoms with E-state index in [2.05, 4.69) is 13.8 Å². The Morgan fingerprint density at radius 1 is 0.939 bits per heavy atom. The average molecular weight is 474 g/mol. The minimum atomic E-state index is -3.95. The van der Waals surface area contributed by atoms with Gasteiger partial charge in [-0.25, -0.2) is 13.2 Å². The lowest BCUT2D eigenvalue weighted by molar-refractivity contribution is -0.131. The van der Waals surface area contributed by atoms with Crippen molar-refractivity contribution in [2.75, 3.05) is 43.6 Å². The summed E-state index contributed by atoms with van der Waals surface area (Å²) in [6, 6.07) is 15.3. The SMILES string of the molecule is CCOC(=O)N1CCN(C(=O)CN(c2ccc(C(C)C)cc2)S(=O)(=O)c2ccccc2)CC1. The first kappa shape index (κ1) is 24.6. The number of anilines is 1. The molecular formula is C24H31N3O5S. The Kier molecular flexibility index (Phi) is 7.97. The van der Waals surface area contributed by atoms with Crippen molar-refractivity contribution in [1.82, 2.24) is 9.80 Å². The van der Waals surface area contributed by atoms with Crippen LogP contribution < -0.4 is 4.31 Å². The molecular weight excluding hydrogens is 442 g/mol. The van der Waals surface area contributed by atoms with Gasteiger partial charge < -0.3 is 14.5 Å². The quantitative estimate of drug-likeness (QED) is 0.616. The molecule has 1 aliphatic heterocycles. The molecule has 0 N–H and O–H groups in total. The maximum Gasteiger partial charge on any atom is 0.409 e. The lowest BCUT2D eigenvalue weighted by atomic mass is 10.0. The van der Waals surface area contributed by atoms with Gasteiger partial charge in [-0.05, 0) is 42.7 Å². The van der Waals surface area contributed by atoms with Gasteiger partial charge in [-0.2, -0.15) is 0 Å². The highest BCUT2D eigenvalue weighted by atomic mass is 32.2. The number of benzene rings is 2. The lowest BCUT2D eigenvalue weighted by Crippen LogP contribution is -2.53. The van der Waals surface area contributed by atoms with Gasteiger partial charge in [0.1, 0.15) is 6.54 Å². The van der Waals surface area contributed by atoms with Crippen LogP contribution in [0.3, 0.4) is 0 Å². The fourth-order valence-corrected chi connectivity index (χ4v) is 5.07. The highest BCUT2D eigenvalue weighted by Gasteiger charge is 2.31. The number of carbonyl (C=O) groups excluding carboxylic acids is 2. The molecule has 1 saturated heterocycles. The first-order valence-electron chi connectivity index (χ1n) is 11.1. The number of nitrogens with zero attached hydrogens (tertiary/aromatic N) is 3. The van der Waals surface area contributed by atoms with Crippen molar-refractivity contribution >= 4 is 27.7 Å². The summed E-state index contributed by atoms with van der Waals surface area (Å²) in [5.74, 6) is -0.0125. The summed E-state index contributed by atoms with van der Waals surface area (Å²) in [6.45, 7) is 7.18. The average Bonchev–Trinajstić information content (AvgIpc) is 2.83. The van der Waals surface area contributed by atoms with Gasteiger partial charge in [0.2, 0.25) is 5.91 Å². The molecule has 0 unspecified atom stereocenters. The number of carbonyl (C=O) groups is 2. The third kappa shape index (κ3) is 5.84. The van der Waals surface area contributed by atoms with Crippen molar-refractivity contribution in [3.8, 4) is 0 Å². The third-order valence-electron chi connectivity index (χ3n) is 5.62. The van der Waals surface area contributed by atoms with Gasteiger partial charge in [0.05, 0.1) is 17.2 Å². The van der Waals surface area contributed by atoms with E-state index in [-0.39, 0.29) is 17.3 Å². The van der Waals surface area contributed by atoms with Crippen LogP contribution in [0.25, 0.3) is 0 Å². The second-order valence-corrected chi connectivity index (χ2v) is 10.0. The number of rotatable bonds is 7. The van der Waals surface area contributed by atoms with E-state index in [1.165, 1.54) is 12.1 Å². The molecule has 33 heavy (non-hydrogen) atoms. The van der Waals surface area contributed by atoms with E-state index in [1.807, 2.05) is 12.1 Å². The van der Waals surface area contributed by atoms with Crippen LogP contribution in [-0.2, 0) is 19.6 Å². The second kappa shape index (κ2) is 10.7. The number of hydrogen-bond donors (Lipinski definition) is 0. The van der Waals surface area contributed by atoms with Crippen LogP contribution in [0.4, 0.5) is 10.5 Å². The van der Waals surface area contributed by atoms with Crippen molar-refractivity contribution in [3.05, 3.63) is 60.2 Å². The molecule has 0 aromatic heterocycles. The highest BCUT2D eigenvalue weighted by molar-refractivity contribution is 7.92. The number of amides is 2. The minimum absolute atomic E-state index is 0.123. The molecule has 1 heterocycles. The van der Waals surface area contributed by atoms with E-state index in [1.54, 1.807) is 47.1 Å². The summed E-state index contributed by atoms with van der Waals surface area (Å²) >= 11 is 0. The Morgan fingerprint density at radius 3 is 2.06 bits per heavy atom. The Bertz CT molecular complexity index is 1050. The van der Waals surface area contributed by atoms with Gasteiger partial charge in [-0.3, -0.25) is 9.10 Å². The molecule has 0 bridgehead atoms. The largest absolute Gasteiger partial charge is 0.450 e. The molecule has 0 radical (unpaired) electrons. The fourth-order valence-electron chi connectivity index (χ4n) is 3.64. The minimum Gasteiger partial charge on any atom is -0.450 e.